The van der Waals surface area contributed by atoms with Crippen LogP contribution in [0.15, 0.2) is 23.3 Å². The fraction of sp³-hybridized carbons (Fsp3) is 0.625. The summed E-state index contributed by atoms with van der Waals surface area (Å²) in [4.78, 5) is 10.8. The van der Waals surface area contributed by atoms with Crippen LogP contribution in [0.2, 0.25) is 5.15 Å². The second kappa shape index (κ2) is 8.96. The Balaban J connectivity index is 1.65. The average Bonchev–Trinajstić information content (AvgIpc) is 2.54. The predicted molar refractivity (Wildman–Crippen MR) is 92.5 cm³/mol. The van der Waals surface area contributed by atoms with E-state index < -0.39 is 0 Å². The summed E-state index contributed by atoms with van der Waals surface area (Å²) < 4.78 is 0. The van der Waals surface area contributed by atoms with Crippen LogP contribution in [-0.2, 0) is 6.42 Å². The molecule has 1 aromatic heterocycles. The van der Waals surface area contributed by atoms with E-state index in [9.17, 15) is 0 Å². The number of likely N-dealkylation sites (tertiary alicyclic amines) is 1. The molecule has 1 saturated heterocycles. The fourth-order valence-electron chi connectivity index (χ4n) is 2.61. The van der Waals surface area contributed by atoms with Gasteiger partial charge < -0.3 is 15.5 Å². The molecule has 2 rings (SSSR count). The van der Waals surface area contributed by atoms with Gasteiger partial charge in [0.15, 0.2) is 5.96 Å². The van der Waals surface area contributed by atoms with Crippen LogP contribution >= 0.6 is 11.6 Å². The molecule has 6 heteroatoms. The number of hydrogen-bond acceptors (Lipinski definition) is 3. The molecule has 122 valence electrons. The van der Waals surface area contributed by atoms with Gasteiger partial charge in [-0.1, -0.05) is 17.7 Å². The third-order valence-corrected chi connectivity index (χ3v) is 4.34. The molecule has 0 unspecified atom stereocenters. The van der Waals surface area contributed by atoms with Crippen LogP contribution in [0.3, 0.4) is 0 Å². The van der Waals surface area contributed by atoms with Gasteiger partial charge in [-0.2, -0.15) is 0 Å². The molecule has 0 aromatic carbocycles. The monoisotopic (exact) mass is 323 g/mol. The molecule has 1 aliphatic rings. The molecular weight excluding hydrogens is 298 g/mol. The first-order valence-corrected chi connectivity index (χ1v) is 8.28. The zero-order valence-electron chi connectivity index (χ0n) is 13.5. The van der Waals surface area contributed by atoms with Crippen molar-refractivity contribution < 1.29 is 0 Å². The fourth-order valence-corrected chi connectivity index (χ4v) is 2.72. The molecule has 1 aromatic rings. The van der Waals surface area contributed by atoms with E-state index in [0.29, 0.717) is 5.15 Å². The van der Waals surface area contributed by atoms with Gasteiger partial charge in [0.2, 0.25) is 0 Å². The molecule has 0 amide bonds. The van der Waals surface area contributed by atoms with E-state index in [0.717, 1.165) is 31.4 Å². The molecule has 22 heavy (non-hydrogen) atoms. The first-order valence-electron chi connectivity index (χ1n) is 7.91. The summed E-state index contributed by atoms with van der Waals surface area (Å²) in [6.45, 7) is 4.22. The first-order chi connectivity index (χ1) is 10.7. The van der Waals surface area contributed by atoms with Gasteiger partial charge in [-0.3, -0.25) is 4.99 Å². The van der Waals surface area contributed by atoms with E-state index >= 15 is 0 Å². The molecule has 2 N–H and O–H groups in total. The third-order valence-electron chi connectivity index (χ3n) is 4.11. The lowest BCUT2D eigenvalue weighted by Gasteiger charge is -2.29. The number of aromatic nitrogens is 1. The Hall–Kier alpha value is -1.33. The van der Waals surface area contributed by atoms with E-state index in [-0.39, 0.29) is 0 Å². The lowest BCUT2D eigenvalue weighted by atomic mass is 9.97. The Labute approximate surface area is 138 Å². The maximum absolute atomic E-state index is 5.78. The summed E-state index contributed by atoms with van der Waals surface area (Å²) in [6, 6.07) is 3.83. The van der Waals surface area contributed by atoms with Crippen LogP contribution < -0.4 is 10.6 Å². The molecular formula is C16H26ClN5. The van der Waals surface area contributed by atoms with Crippen LogP contribution in [0.5, 0.6) is 0 Å². The second-order valence-corrected chi connectivity index (χ2v) is 6.25. The number of halogens is 1. The Kier molecular flexibility index (Phi) is 6.93. The Morgan fingerprint density at radius 1 is 1.36 bits per heavy atom. The largest absolute Gasteiger partial charge is 0.356 e. The topological polar surface area (TPSA) is 52.6 Å². The SMILES string of the molecule is CN=C(NCCc1ccc(Cl)nc1)NCC1CCN(C)CC1. The minimum Gasteiger partial charge on any atom is -0.356 e. The van der Waals surface area contributed by atoms with Crippen LogP contribution in [0.1, 0.15) is 18.4 Å². The Morgan fingerprint density at radius 3 is 2.77 bits per heavy atom. The van der Waals surface area contributed by atoms with E-state index in [2.05, 4.69) is 32.6 Å². The third kappa shape index (κ3) is 5.81. The minimum atomic E-state index is 0.535. The van der Waals surface area contributed by atoms with Crippen LogP contribution in [-0.4, -0.2) is 56.1 Å². The highest BCUT2D eigenvalue weighted by atomic mass is 35.5. The number of nitrogens with zero attached hydrogens (tertiary/aromatic N) is 3. The molecule has 0 aliphatic carbocycles. The van der Waals surface area contributed by atoms with Crippen molar-refractivity contribution in [1.82, 2.24) is 20.5 Å². The number of aliphatic imine (C=N–C) groups is 1. The summed E-state index contributed by atoms with van der Waals surface area (Å²) >= 11 is 5.78. The van der Waals surface area contributed by atoms with E-state index in [4.69, 9.17) is 11.6 Å². The van der Waals surface area contributed by atoms with Gasteiger partial charge in [-0.15, -0.1) is 0 Å². The highest BCUT2D eigenvalue weighted by Gasteiger charge is 2.16. The second-order valence-electron chi connectivity index (χ2n) is 5.87. The van der Waals surface area contributed by atoms with Crippen molar-refractivity contribution in [3.05, 3.63) is 29.0 Å². The number of hydrogen-bond donors (Lipinski definition) is 2. The van der Waals surface area contributed by atoms with Gasteiger partial charge in [0.25, 0.3) is 0 Å². The summed E-state index contributed by atoms with van der Waals surface area (Å²) in [6.07, 6.45) is 5.24. The Morgan fingerprint density at radius 2 is 2.14 bits per heavy atom. The van der Waals surface area contributed by atoms with Crippen molar-refractivity contribution in [2.75, 3.05) is 40.3 Å². The molecule has 5 nitrogen and oxygen atoms in total. The highest BCUT2D eigenvalue weighted by Crippen LogP contribution is 2.14. The summed E-state index contributed by atoms with van der Waals surface area (Å²) in [5.41, 5.74) is 1.17. The molecule has 0 saturated carbocycles. The summed E-state index contributed by atoms with van der Waals surface area (Å²) in [5.74, 6) is 1.62. The highest BCUT2D eigenvalue weighted by molar-refractivity contribution is 6.29. The quantitative estimate of drug-likeness (QED) is 0.493. The molecule has 0 radical (unpaired) electrons. The van der Waals surface area contributed by atoms with Gasteiger partial charge >= 0.3 is 0 Å². The zero-order valence-corrected chi connectivity index (χ0v) is 14.2. The van der Waals surface area contributed by atoms with Crippen molar-refractivity contribution in [2.45, 2.75) is 19.3 Å². The number of guanidine groups is 1. The number of rotatable bonds is 5. The van der Waals surface area contributed by atoms with E-state index in [1.807, 2.05) is 25.4 Å². The van der Waals surface area contributed by atoms with Crippen LogP contribution in [0.25, 0.3) is 0 Å². The van der Waals surface area contributed by atoms with Crippen LogP contribution in [0, 0.1) is 5.92 Å². The van der Waals surface area contributed by atoms with Crippen molar-refractivity contribution in [3.8, 4) is 0 Å². The first kappa shape index (κ1) is 17.0. The van der Waals surface area contributed by atoms with E-state index in [1.165, 1.54) is 31.5 Å². The van der Waals surface area contributed by atoms with Crippen molar-refractivity contribution in [1.29, 1.82) is 0 Å². The molecule has 2 heterocycles. The van der Waals surface area contributed by atoms with Gasteiger partial charge in [-0.25, -0.2) is 4.98 Å². The maximum Gasteiger partial charge on any atom is 0.190 e. The summed E-state index contributed by atoms with van der Waals surface area (Å²) in [5, 5.41) is 7.32. The molecule has 1 aliphatic heterocycles. The smallest absolute Gasteiger partial charge is 0.190 e. The average molecular weight is 324 g/mol. The van der Waals surface area contributed by atoms with Crippen molar-refractivity contribution in [3.63, 3.8) is 0 Å². The number of piperidine rings is 1. The number of pyridine rings is 1. The molecule has 0 spiro atoms. The van der Waals surface area contributed by atoms with Crippen molar-refractivity contribution >= 4 is 17.6 Å². The molecule has 0 bridgehead atoms. The van der Waals surface area contributed by atoms with E-state index in [1.54, 1.807) is 0 Å². The molecule has 0 atom stereocenters. The maximum atomic E-state index is 5.78. The normalized spacial score (nSPS) is 17.5. The van der Waals surface area contributed by atoms with Crippen molar-refractivity contribution in [2.24, 2.45) is 10.9 Å². The molecule has 1 fully saturated rings. The minimum absolute atomic E-state index is 0.535. The standard InChI is InChI=1S/C16H26ClN5/c1-18-16(21-12-14-6-9-22(2)10-7-14)19-8-5-13-3-4-15(17)20-11-13/h3-4,11,14H,5-10,12H2,1-2H3,(H2,18,19,21). The van der Waals surface area contributed by atoms with Gasteiger partial charge in [0, 0.05) is 26.3 Å². The Bertz CT molecular complexity index is 466. The zero-order chi connectivity index (χ0) is 15.8. The predicted octanol–water partition coefficient (Wildman–Crippen LogP) is 1.78. The summed E-state index contributed by atoms with van der Waals surface area (Å²) in [7, 11) is 4.00. The number of nitrogens with one attached hydrogen (secondary N) is 2. The lowest BCUT2D eigenvalue weighted by molar-refractivity contribution is 0.220. The van der Waals surface area contributed by atoms with Gasteiger partial charge in [-0.05, 0) is 56.9 Å². The van der Waals surface area contributed by atoms with Gasteiger partial charge in [0.1, 0.15) is 5.15 Å². The lowest BCUT2D eigenvalue weighted by Crippen LogP contribution is -2.42. The van der Waals surface area contributed by atoms with Crippen LogP contribution in [0.4, 0.5) is 0 Å². The van der Waals surface area contributed by atoms with Gasteiger partial charge in [0.05, 0.1) is 0 Å².